The molecule has 139 valence electrons. The number of H-pyrrole nitrogens is 1. The summed E-state index contributed by atoms with van der Waals surface area (Å²) in [7, 11) is 3.39. The molecule has 0 aromatic carbocycles. The van der Waals surface area contributed by atoms with Crippen molar-refractivity contribution in [3.05, 3.63) is 24.1 Å². The molecule has 0 unspecified atom stereocenters. The smallest absolute Gasteiger partial charge is 0.178 e. The molecule has 5 N–H and O–H groups in total. The van der Waals surface area contributed by atoms with Crippen LogP contribution in [0.4, 0.5) is 23.5 Å². The van der Waals surface area contributed by atoms with Gasteiger partial charge in [-0.25, -0.2) is 9.97 Å². The molecule has 27 heavy (non-hydrogen) atoms. The third kappa shape index (κ3) is 5.88. The summed E-state index contributed by atoms with van der Waals surface area (Å²) in [5, 5.41) is 5.49. The first-order chi connectivity index (χ1) is 11.6. The molecule has 0 aliphatic rings. The second-order valence-electron chi connectivity index (χ2n) is 4.44. The molecule has 0 bridgehead atoms. The fourth-order valence-electron chi connectivity index (χ4n) is 1.85. The van der Waals surface area contributed by atoms with Crippen LogP contribution in [0.15, 0.2) is 12.7 Å². The molecular formula is C12H13N12W2Y-3. The van der Waals surface area contributed by atoms with Crippen LogP contribution in [0.5, 0.6) is 0 Å². The monoisotopic (exact) mass is 782 g/mol. The number of hydrogen-bond acceptors (Lipinski definition) is 8. The van der Waals surface area contributed by atoms with Gasteiger partial charge in [0.05, 0.1) is 11.8 Å². The summed E-state index contributed by atoms with van der Waals surface area (Å²) in [5.41, 5.74) is 16.9. The number of nitrogens with one attached hydrogen (secondary N) is 5. The van der Waals surface area contributed by atoms with Crippen LogP contribution in [0, 0.1) is 0 Å². The molecule has 4 rings (SSSR count). The zero-order valence-corrected chi connectivity index (χ0v) is 22.9. The molecule has 1 radical (unpaired) electrons. The molecule has 4 aromatic heterocycles. The van der Waals surface area contributed by atoms with E-state index in [1.54, 1.807) is 14.1 Å². The third-order valence-electron chi connectivity index (χ3n) is 2.97. The van der Waals surface area contributed by atoms with E-state index >= 15 is 0 Å². The summed E-state index contributed by atoms with van der Waals surface area (Å²) in [6.07, 6.45) is 2.87. The molecule has 0 saturated heterocycles. The van der Waals surface area contributed by atoms with Crippen LogP contribution in [-0.4, -0.2) is 49.0 Å². The molecule has 0 amide bonds. The van der Waals surface area contributed by atoms with Crippen molar-refractivity contribution in [2.45, 2.75) is 0 Å². The summed E-state index contributed by atoms with van der Waals surface area (Å²) < 4.78 is 0. The van der Waals surface area contributed by atoms with E-state index in [0.29, 0.717) is 34.2 Å². The second-order valence-corrected chi connectivity index (χ2v) is 4.44. The maximum atomic E-state index is 7.46. The summed E-state index contributed by atoms with van der Waals surface area (Å²) in [4.78, 5) is 30.1. The van der Waals surface area contributed by atoms with Gasteiger partial charge in [0.15, 0.2) is 5.65 Å². The minimum absolute atomic E-state index is 0. The maximum absolute atomic E-state index is 7.46. The maximum Gasteiger partial charge on any atom is 0.178 e. The predicted octanol–water partition coefficient (Wildman–Crippen LogP) is 1.78. The zero-order valence-electron chi connectivity index (χ0n) is 14.2. The van der Waals surface area contributed by atoms with Crippen molar-refractivity contribution in [3.8, 4) is 0 Å². The Balaban J connectivity index is 0.000000451. The zero-order chi connectivity index (χ0) is 17.1. The van der Waals surface area contributed by atoms with Crippen molar-refractivity contribution in [3.63, 3.8) is 0 Å². The molecule has 4 heterocycles. The van der Waals surface area contributed by atoms with Crippen molar-refractivity contribution in [1.29, 1.82) is 0 Å². The van der Waals surface area contributed by atoms with E-state index < -0.39 is 0 Å². The topological polar surface area (TPSA) is 179 Å². The van der Waals surface area contributed by atoms with E-state index in [9.17, 15) is 0 Å². The molecule has 0 fully saturated rings. The first kappa shape index (κ1) is 25.8. The Morgan fingerprint density at radius 3 is 2.22 bits per heavy atom. The van der Waals surface area contributed by atoms with Gasteiger partial charge in [-0.3, -0.25) is 0 Å². The van der Waals surface area contributed by atoms with Crippen LogP contribution in [0.1, 0.15) is 0 Å². The van der Waals surface area contributed by atoms with Gasteiger partial charge in [0, 0.05) is 106 Å². The molecular weight excluding hydrogens is 769 g/mol. The largest absolute Gasteiger partial charge is 0.481 e. The Morgan fingerprint density at radius 2 is 1.56 bits per heavy atom. The molecule has 15 heteroatoms. The normalized spacial score (nSPS) is 9.26. The minimum Gasteiger partial charge on any atom is -0.481 e. The van der Waals surface area contributed by atoms with Gasteiger partial charge in [0.2, 0.25) is 0 Å². The predicted molar refractivity (Wildman–Crippen MR) is 89.4 cm³/mol. The number of anilines is 2. The van der Waals surface area contributed by atoms with Gasteiger partial charge in [-0.2, -0.15) is 0 Å². The summed E-state index contributed by atoms with van der Waals surface area (Å²) in [6, 6.07) is 0. The van der Waals surface area contributed by atoms with Gasteiger partial charge in [-0.05, 0) is 12.1 Å². The standard InChI is InChI=1S/C6H7N6.C6H6N6.2W.Y/c2*1-8-6-11-4(7)3-5(12-6)10-2-9-3;;;/h2H,1H3,(H3-,7,8,9,10,11,12);2H,1H3,(H2-2,7,8,9,10,11,12);;;/q-1;-2;;;. The average Bonchev–Trinajstić information content (AvgIpc) is 3.24. The van der Waals surface area contributed by atoms with Crippen molar-refractivity contribution < 1.29 is 74.8 Å². The number of aromatic nitrogens is 8. The fraction of sp³-hybridized carbons (Fsp3) is 0.167. The SMILES string of the molecule is CNc1nc([NH-])c2[nH]cnc2n1.CNc1nc([NH-])c2nc[n-]c2n1.[W].[W].[Y]. The van der Waals surface area contributed by atoms with E-state index in [1.807, 2.05) is 0 Å². The minimum atomic E-state index is 0. The van der Waals surface area contributed by atoms with Gasteiger partial charge < -0.3 is 52.0 Å². The van der Waals surface area contributed by atoms with Crippen molar-refractivity contribution in [2.75, 3.05) is 24.7 Å². The van der Waals surface area contributed by atoms with E-state index in [0.717, 1.165) is 0 Å². The van der Waals surface area contributed by atoms with Gasteiger partial charge in [-0.1, -0.05) is 5.82 Å². The Kier molecular flexibility index (Phi) is 11.1. The fourth-order valence-corrected chi connectivity index (χ4v) is 1.85. The number of imidazole rings is 2. The molecule has 0 spiro atoms. The summed E-state index contributed by atoms with van der Waals surface area (Å²) in [6.45, 7) is 0. The first-order valence-corrected chi connectivity index (χ1v) is 6.77. The van der Waals surface area contributed by atoms with Crippen LogP contribution in [0.3, 0.4) is 0 Å². The molecule has 12 nitrogen and oxygen atoms in total. The van der Waals surface area contributed by atoms with Crippen molar-refractivity contribution >= 4 is 45.9 Å². The number of hydrogen-bond donors (Lipinski definition) is 3. The average molecular weight is 782 g/mol. The van der Waals surface area contributed by atoms with Gasteiger partial charge in [0.25, 0.3) is 0 Å². The number of fused-ring (bicyclic) bond motifs is 2. The molecule has 4 aromatic rings. The van der Waals surface area contributed by atoms with E-state index in [-0.39, 0.29) is 86.5 Å². The number of aromatic amines is 1. The second kappa shape index (κ2) is 11.6. The quantitative estimate of drug-likeness (QED) is 0.274. The van der Waals surface area contributed by atoms with E-state index in [1.165, 1.54) is 12.7 Å². The van der Waals surface area contributed by atoms with Gasteiger partial charge in [0.1, 0.15) is 5.95 Å². The van der Waals surface area contributed by atoms with Crippen LogP contribution < -0.4 is 15.6 Å². The third-order valence-corrected chi connectivity index (χ3v) is 2.97. The van der Waals surface area contributed by atoms with E-state index in [4.69, 9.17) is 11.5 Å². The molecule has 0 aliphatic carbocycles. The molecule has 0 saturated carbocycles. The number of nitrogens with zero attached hydrogens (tertiary/aromatic N) is 7. The summed E-state index contributed by atoms with van der Waals surface area (Å²) in [5.74, 6) is 1.07. The van der Waals surface area contributed by atoms with E-state index in [2.05, 4.69) is 50.5 Å². The Hall–Kier alpha value is -1.22. The molecule has 0 atom stereocenters. The van der Waals surface area contributed by atoms with Crippen LogP contribution >= 0.6 is 0 Å². The summed E-state index contributed by atoms with van der Waals surface area (Å²) >= 11 is 0. The Bertz CT molecular complexity index is 907. The molecule has 0 aliphatic heterocycles. The van der Waals surface area contributed by atoms with Crippen LogP contribution in [0.25, 0.3) is 33.8 Å². The van der Waals surface area contributed by atoms with Crippen molar-refractivity contribution in [1.82, 2.24) is 39.9 Å². The number of rotatable bonds is 2. The van der Waals surface area contributed by atoms with Gasteiger partial charge in [-0.15, -0.1) is 0 Å². The van der Waals surface area contributed by atoms with Crippen LogP contribution in [0.2, 0.25) is 0 Å². The first-order valence-electron chi connectivity index (χ1n) is 6.77. The Morgan fingerprint density at radius 1 is 0.926 bits per heavy atom. The Labute approximate surface area is 207 Å². The van der Waals surface area contributed by atoms with Crippen LogP contribution in [-0.2, 0) is 74.8 Å². The van der Waals surface area contributed by atoms with Gasteiger partial charge >= 0.3 is 0 Å². The van der Waals surface area contributed by atoms with Crippen molar-refractivity contribution in [2.24, 2.45) is 0 Å².